The molecule has 0 aromatic heterocycles. The van der Waals surface area contributed by atoms with E-state index in [9.17, 15) is 9.50 Å². The smallest absolute Gasteiger partial charge is 0.139 e. The van der Waals surface area contributed by atoms with Crippen LogP contribution >= 0.6 is 0 Å². The van der Waals surface area contributed by atoms with Crippen molar-refractivity contribution in [3.8, 4) is 11.8 Å². The van der Waals surface area contributed by atoms with Crippen LogP contribution in [0.4, 0.5) is 4.39 Å². The Morgan fingerprint density at radius 1 is 1.31 bits per heavy atom. The fourth-order valence-electron chi connectivity index (χ4n) is 1.21. The summed E-state index contributed by atoms with van der Waals surface area (Å²) in [6.45, 7) is 7.16. The third-order valence-electron chi connectivity index (χ3n) is 2.16. The van der Waals surface area contributed by atoms with Gasteiger partial charge in [-0.25, -0.2) is 4.39 Å². The molecule has 0 bridgehead atoms. The van der Waals surface area contributed by atoms with Gasteiger partial charge in [0.2, 0.25) is 0 Å². The van der Waals surface area contributed by atoms with E-state index in [1.165, 1.54) is 6.07 Å². The number of halogens is 1. The minimum Gasteiger partial charge on any atom is -0.378 e. The first-order chi connectivity index (χ1) is 7.29. The van der Waals surface area contributed by atoms with Gasteiger partial charge in [-0.2, -0.15) is 0 Å². The van der Waals surface area contributed by atoms with Crippen LogP contribution in [0.15, 0.2) is 18.2 Å². The van der Waals surface area contributed by atoms with Crippen LogP contribution < -0.4 is 0 Å². The van der Waals surface area contributed by atoms with Crippen molar-refractivity contribution in [2.24, 2.45) is 0 Å². The van der Waals surface area contributed by atoms with Gasteiger partial charge in [0.05, 0.1) is 5.56 Å². The molecule has 0 heterocycles. The van der Waals surface area contributed by atoms with Crippen molar-refractivity contribution in [1.82, 2.24) is 0 Å². The molecule has 0 saturated heterocycles. The minimum atomic E-state index is -1.09. The van der Waals surface area contributed by atoms with Gasteiger partial charge in [-0.15, -0.1) is 0 Å². The average molecular weight is 220 g/mol. The maximum atomic E-state index is 13.6. The van der Waals surface area contributed by atoms with E-state index in [1.54, 1.807) is 19.9 Å². The zero-order valence-electron chi connectivity index (χ0n) is 10.1. The molecule has 2 heteroatoms. The van der Waals surface area contributed by atoms with Crippen LogP contribution in [0.2, 0.25) is 0 Å². The summed E-state index contributed by atoms with van der Waals surface area (Å²) in [5, 5.41) is 9.42. The molecular formula is C14H17FO. The van der Waals surface area contributed by atoms with Gasteiger partial charge in [-0.3, -0.25) is 0 Å². The maximum Gasteiger partial charge on any atom is 0.139 e. The Hall–Kier alpha value is -1.33. The molecule has 0 fully saturated rings. The summed E-state index contributed by atoms with van der Waals surface area (Å²) >= 11 is 0. The Bertz CT molecular complexity index is 430. The summed E-state index contributed by atoms with van der Waals surface area (Å²) in [6.07, 6.45) is 0. The molecule has 0 atom stereocenters. The predicted molar refractivity (Wildman–Crippen MR) is 63.7 cm³/mol. The lowest BCUT2D eigenvalue weighted by molar-refractivity contribution is 0.143. The van der Waals surface area contributed by atoms with Crippen LogP contribution in [0, 0.1) is 17.7 Å². The number of hydrogen-bond acceptors (Lipinski definition) is 1. The molecule has 0 radical (unpaired) electrons. The fourth-order valence-corrected chi connectivity index (χ4v) is 1.21. The monoisotopic (exact) mass is 220 g/mol. The fraction of sp³-hybridized carbons (Fsp3) is 0.429. The van der Waals surface area contributed by atoms with Crippen molar-refractivity contribution in [1.29, 1.82) is 0 Å². The number of rotatable bonds is 1. The van der Waals surface area contributed by atoms with Crippen molar-refractivity contribution in [2.45, 2.75) is 39.2 Å². The normalized spacial score (nSPS) is 11.2. The molecular weight excluding hydrogens is 203 g/mol. The van der Waals surface area contributed by atoms with E-state index in [4.69, 9.17) is 0 Å². The Morgan fingerprint density at radius 3 is 2.38 bits per heavy atom. The maximum absolute atomic E-state index is 13.6. The second-order valence-corrected chi connectivity index (χ2v) is 4.70. The van der Waals surface area contributed by atoms with Crippen LogP contribution in [0.5, 0.6) is 0 Å². The highest BCUT2D eigenvalue weighted by Gasteiger charge is 2.08. The van der Waals surface area contributed by atoms with Gasteiger partial charge in [0.1, 0.15) is 11.4 Å². The van der Waals surface area contributed by atoms with E-state index in [2.05, 4.69) is 11.8 Å². The van der Waals surface area contributed by atoms with Gasteiger partial charge in [0.15, 0.2) is 0 Å². The summed E-state index contributed by atoms with van der Waals surface area (Å²) in [4.78, 5) is 0. The minimum absolute atomic E-state index is 0.297. The van der Waals surface area contributed by atoms with Gasteiger partial charge in [0, 0.05) is 0 Å². The van der Waals surface area contributed by atoms with Gasteiger partial charge in [-0.05, 0) is 37.5 Å². The second kappa shape index (κ2) is 4.67. The van der Waals surface area contributed by atoms with Crippen LogP contribution in [-0.4, -0.2) is 10.7 Å². The van der Waals surface area contributed by atoms with E-state index in [0.717, 1.165) is 5.56 Å². The van der Waals surface area contributed by atoms with Gasteiger partial charge in [-0.1, -0.05) is 31.8 Å². The standard InChI is InChI=1S/C14H17FO/c1-10(2)12-6-5-11(13(15)9-12)7-8-14(3,4)16/h5-6,9-10,16H,1-4H3. The molecule has 1 aromatic rings. The quantitative estimate of drug-likeness (QED) is 0.721. The van der Waals surface area contributed by atoms with Crippen molar-refractivity contribution < 1.29 is 9.50 Å². The average Bonchev–Trinajstić information content (AvgIpc) is 2.14. The Balaban J connectivity index is 3.04. The summed E-state index contributed by atoms with van der Waals surface area (Å²) < 4.78 is 13.6. The molecule has 16 heavy (non-hydrogen) atoms. The lowest BCUT2D eigenvalue weighted by Gasteiger charge is -2.07. The van der Waals surface area contributed by atoms with Crippen molar-refractivity contribution in [2.75, 3.05) is 0 Å². The first-order valence-electron chi connectivity index (χ1n) is 5.34. The molecule has 0 unspecified atom stereocenters. The van der Waals surface area contributed by atoms with Gasteiger partial charge < -0.3 is 5.11 Å². The van der Waals surface area contributed by atoms with E-state index < -0.39 is 5.60 Å². The molecule has 0 aliphatic carbocycles. The third-order valence-corrected chi connectivity index (χ3v) is 2.16. The molecule has 1 aromatic carbocycles. The predicted octanol–water partition coefficient (Wildman–Crippen LogP) is 3.07. The van der Waals surface area contributed by atoms with Crippen LogP contribution in [0.3, 0.4) is 0 Å². The van der Waals surface area contributed by atoms with Crippen LogP contribution in [0.1, 0.15) is 44.7 Å². The zero-order valence-corrected chi connectivity index (χ0v) is 10.1. The number of benzene rings is 1. The summed E-state index contributed by atoms with van der Waals surface area (Å²) in [5.74, 6) is 5.20. The van der Waals surface area contributed by atoms with Gasteiger partial charge >= 0.3 is 0 Å². The molecule has 0 aliphatic rings. The summed E-state index contributed by atoms with van der Waals surface area (Å²) in [5.41, 5.74) is 0.182. The molecule has 0 spiro atoms. The van der Waals surface area contributed by atoms with E-state index in [1.807, 2.05) is 19.9 Å². The van der Waals surface area contributed by atoms with E-state index >= 15 is 0 Å². The third kappa shape index (κ3) is 3.67. The lowest BCUT2D eigenvalue weighted by atomic mass is 10.0. The molecule has 0 aliphatic heterocycles. The highest BCUT2D eigenvalue weighted by Crippen LogP contribution is 2.17. The van der Waals surface area contributed by atoms with Crippen LogP contribution in [-0.2, 0) is 0 Å². The zero-order chi connectivity index (χ0) is 12.3. The SMILES string of the molecule is CC(C)c1ccc(C#CC(C)(C)O)c(F)c1. The summed E-state index contributed by atoms with van der Waals surface area (Å²) in [6, 6.07) is 5.02. The Labute approximate surface area is 96.3 Å². The van der Waals surface area contributed by atoms with Crippen molar-refractivity contribution in [3.05, 3.63) is 35.1 Å². The van der Waals surface area contributed by atoms with Crippen molar-refractivity contribution >= 4 is 0 Å². The second-order valence-electron chi connectivity index (χ2n) is 4.70. The van der Waals surface area contributed by atoms with E-state index in [-0.39, 0.29) is 5.82 Å². The van der Waals surface area contributed by atoms with Crippen LogP contribution in [0.25, 0.3) is 0 Å². The van der Waals surface area contributed by atoms with E-state index in [0.29, 0.717) is 11.5 Å². The number of hydrogen-bond donors (Lipinski definition) is 1. The number of aliphatic hydroxyl groups is 1. The summed E-state index contributed by atoms with van der Waals surface area (Å²) in [7, 11) is 0. The first-order valence-corrected chi connectivity index (χ1v) is 5.34. The topological polar surface area (TPSA) is 20.2 Å². The molecule has 1 rings (SSSR count). The molecule has 1 N–H and O–H groups in total. The largest absolute Gasteiger partial charge is 0.378 e. The molecule has 0 saturated carbocycles. The molecule has 0 amide bonds. The highest BCUT2D eigenvalue weighted by atomic mass is 19.1. The van der Waals surface area contributed by atoms with Gasteiger partial charge in [0.25, 0.3) is 0 Å². The first kappa shape index (κ1) is 12.7. The molecule has 1 nitrogen and oxygen atoms in total. The Morgan fingerprint density at radius 2 is 1.94 bits per heavy atom. The molecule has 86 valence electrons. The highest BCUT2D eigenvalue weighted by molar-refractivity contribution is 5.39. The Kier molecular flexibility index (Phi) is 3.72. The van der Waals surface area contributed by atoms with Crippen molar-refractivity contribution in [3.63, 3.8) is 0 Å². The lowest BCUT2D eigenvalue weighted by Crippen LogP contribution is -2.14.